The van der Waals surface area contributed by atoms with Crippen LogP contribution in [0, 0.1) is 0 Å². The average molecular weight is 468 g/mol. The maximum atomic E-state index is 11.1. The van der Waals surface area contributed by atoms with Crippen molar-refractivity contribution in [2.75, 3.05) is 0 Å². The Hall–Kier alpha value is -3.15. The van der Waals surface area contributed by atoms with Crippen LogP contribution in [0.5, 0.6) is 0 Å². The molecule has 2 heterocycles. The molecule has 0 atom stereocenters. The molecule has 32 heavy (non-hydrogen) atoms. The first-order valence-corrected chi connectivity index (χ1v) is 10.5. The van der Waals surface area contributed by atoms with Crippen molar-refractivity contribution in [1.82, 2.24) is 20.4 Å². The minimum Gasteiger partial charge on any atom is -0.476 e. The summed E-state index contributed by atoms with van der Waals surface area (Å²) in [5.41, 5.74) is 2.49. The van der Waals surface area contributed by atoms with Gasteiger partial charge in [-0.15, -0.1) is 5.10 Å². The lowest BCUT2D eigenvalue weighted by atomic mass is 9.83. The summed E-state index contributed by atoms with van der Waals surface area (Å²) in [4.78, 5) is 24.4. The van der Waals surface area contributed by atoms with Crippen LogP contribution in [0.2, 0.25) is 0 Å². The topological polar surface area (TPSA) is 129 Å². The monoisotopic (exact) mass is 468 g/mol. The van der Waals surface area contributed by atoms with Gasteiger partial charge in [-0.25, -0.2) is 9.59 Å². The number of hydrogen-bond acceptors (Lipinski definition) is 6. The van der Waals surface area contributed by atoms with Gasteiger partial charge in [-0.05, 0) is 55.4 Å². The predicted octanol–water partition coefficient (Wildman–Crippen LogP) is 4.50. The van der Waals surface area contributed by atoms with Crippen LogP contribution in [0.4, 0.5) is 13.2 Å². The van der Waals surface area contributed by atoms with E-state index in [0.717, 1.165) is 31.2 Å². The summed E-state index contributed by atoms with van der Waals surface area (Å²) in [6.45, 7) is 0. The highest BCUT2D eigenvalue weighted by atomic mass is 32.2. The van der Waals surface area contributed by atoms with Gasteiger partial charge >= 0.3 is 18.1 Å². The highest BCUT2D eigenvalue weighted by molar-refractivity contribution is 7.99. The maximum absolute atomic E-state index is 11.1. The van der Waals surface area contributed by atoms with Crippen molar-refractivity contribution in [2.45, 2.75) is 48.1 Å². The molecule has 1 aliphatic carbocycles. The van der Waals surface area contributed by atoms with E-state index >= 15 is 0 Å². The fourth-order valence-corrected chi connectivity index (χ4v) is 4.62. The Morgan fingerprint density at radius 1 is 1.09 bits per heavy atom. The van der Waals surface area contributed by atoms with Crippen molar-refractivity contribution in [2.24, 2.45) is 0 Å². The van der Waals surface area contributed by atoms with Crippen molar-refractivity contribution in [3.8, 4) is 0 Å². The van der Waals surface area contributed by atoms with E-state index in [9.17, 15) is 18.0 Å². The van der Waals surface area contributed by atoms with E-state index in [4.69, 9.17) is 15.0 Å². The van der Waals surface area contributed by atoms with Gasteiger partial charge in [0, 0.05) is 16.8 Å². The highest BCUT2D eigenvalue weighted by Crippen LogP contribution is 2.40. The number of carbonyl (C=O) groups is 2. The number of H-pyrrole nitrogens is 1. The highest BCUT2D eigenvalue weighted by Gasteiger charge is 2.38. The molecular weight excluding hydrogens is 449 g/mol. The molecule has 1 fully saturated rings. The second kappa shape index (κ2) is 9.98. The Morgan fingerprint density at radius 2 is 1.78 bits per heavy atom. The molecule has 1 aromatic carbocycles. The zero-order valence-electron chi connectivity index (χ0n) is 16.5. The number of aliphatic carboxylic acids is 1. The van der Waals surface area contributed by atoms with Crippen LogP contribution in [0.1, 0.15) is 47.7 Å². The lowest BCUT2D eigenvalue weighted by molar-refractivity contribution is -0.192. The van der Waals surface area contributed by atoms with Gasteiger partial charge in [0.05, 0.1) is 5.52 Å². The molecule has 0 saturated heterocycles. The van der Waals surface area contributed by atoms with Crippen molar-refractivity contribution in [3.63, 3.8) is 0 Å². The first-order chi connectivity index (χ1) is 15.1. The van der Waals surface area contributed by atoms with Gasteiger partial charge in [0.25, 0.3) is 0 Å². The lowest BCUT2D eigenvalue weighted by Crippen LogP contribution is -2.21. The zero-order chi connectivity index (χ0) is 23.3. The quantitative estimate of drug-likeness (QED) is 0.510. The number of hydrogen-bond donors (Lipinski definition) is 3. The van der Waals surface area contributed by atoms with Crippen LogP contribution < -0.4 is 0 Å². The summed E-state index contributed by atoms with van der Waals surface area (Å²) in [7, 11) is 0. The maximum Gasteiger partial charge on any atom is 0.490 e. The van der Waals surface area contributed by atoms with Crippen LogP contribution in [0.15, 0.2) is 41.6 Å². The molecule has 3 aromatic rings. The number of benzene rings is 1. The molecule has 1 aliphatic rings. The predicted molar refractivity (Wildman–Crippen MR) is 110 cm³/mol. The van der Waals surface area contributed by atoms with E-state index < -0.39 is 18.1 Å². The van der Waals surface area contributed by atoms with Crippen LogP contribution in [-0.2, 0) is 4.79 Å². The van der Waals surface area contributed by atoms with Crippen molar-refractivity contribution < 1.29 is 33.0 Å². The third-order valence-corrected chi connectivity index (χ3v) is 6.34. The molecular formula is C20H19F3N4O4S. The molecule has 2 aromatic heterocycles. The van der Waals surface area contributed by atoms with Crippen LogP contribution in [-0.4, -0.2) is 54.0 Å². The van der Waals surface area contributed by atoms with Gasteiger partial charge in [0.2, 0.25) is 0 Å². The van der Waals surface area contributed by atoms with E-state index in [2.05, 4.69) is 44.7 Å². The Labute approximate surface area is 184 Å². The van der Waals surface area contributed by atoms with E-state index in [1.165, 1.54) is 22.7 Å². The SMILES string of the molecule is O=C(O)C(F)(F)F.O=C(O)c1[nH]nnc1SC1CCC(c2ccc3ncccc3c2)CC1. The number of fused-ring (bicyclic) bond motifs is 1. The third kappa shape index (κ3) is 5.96. The molecule has 0 bridgehead atoms. The second-order valence-electron chi connectivity index (χ2n) is 7.15. The first kappa shape index (κ1) is 23.5. The normalized spacial score (nSPS) is 18.6. The number of carboxylic acid groups (broad SMARTS) is 2. The van der Waals surface area contributed by atoms with Gasteiger partial charge in [-0.1, -0.05) is 29.1 Å². The van der Waals surface area contributed by atoms with E-state index in [-0.39, 0.29) is 5.69 Å². The molecule has 0 spiro atoms. The number of rotatable bonds is 4. The molecule has 0 aliphatic heterocycles. The summed E-state index contributed by atoms with van der Waals surface area (Å²) >= 11 is 1.53. The fourth-order valence-electron chi connectivity index (χ4n) is 3.46. The number of aromatic amines is 1. The smallest absolute Gasteiger partial charge is 0.476 e. The molecule has 4 rings (SSSR count). The first-order valence-electron chi connectivity index (χ1n) is 9.61. The number of nitrogens with zero attached hydrogens (tertiary/aromatic N) is 3. The number of carboxylic acids is 2. The number of aromatic carboxylic acids is 1. The van der Waals surface area contributed by atoms with Crippen LogP contribution in [0.25, 0.3) is 10.9 Å². The summed E-state index contributed by atoms with van der Waals surface area (Å²) in [6, 6.07) is 10.6. The Bertz CT molecular complexity index is 1100. The molecule has 0 radical (unpaired) electrons. The molecule has 0 unspecified atom stereocenters. The van der Waals surface area contributed by atoms with Gasteiger partial charge in [0.1, 0.15) is 0 Å². The van der Waals surface area contributed by atoms with Gasteiger partial charge < -0.3 is 10.2 Å². The standard InChI is InChI=1S/C18H18N4O2S.C2HF3O2/c23-18(24)16-17(21-22-20-16)25-14-6-3-11(4-7-14)12-5-8-15-13(10-12)2-1-9-19-15;3-2(4,5)1(6)7/h1-2,5,8-11,14H,3-4,6-7H2,(H,23,24)(H,20,21,22);(H,6,7). The number of aromatic nitrogens is 4. The number of nitrogens with one attached hydrogen (secondary N) is 1. The lowest BCUT2D eigenvalue weighted by Gasteiger charge is -2.28. The Morgan fingerprint density at radius 3 is 2.41 bits per heavy atom. The minimum absolute atomic E-state index is 0.0918. The molecule has 12 heteroatoms. The van der Waals surface area contributed by atoms with Crippen LogP contribution >= 0.6 is 11.8 Å². The van der Waals surface area contributed by atoms with Crippen molar-refractivity contribution >= 4 is 34.6 Å². The van der Waals surface area contributed by atoms with E-state index in [1.54, 1.807) is 0 Å². The Kier molecular flexibility index (Phi) is 7.33. The van der Waals surface area contributed by atoms with Gasteiger partial charge in [-0.2, -0.15) is 13.2 Å². The summed E-state index contributed by atoms with van der Waals surface area (Å²) < 4.78 is 31.7. The number of halogens is 3. The number of pyridine rings is 1. The largest absolute Gasteiger partial charge is 0.490 e. The number of thioether (sulfide) groups is 1. The molecule has 170 valence electrons. The van der Waals surface area contributed by atoms with E-state index in [0.29, 0.717) is 16.2 Å². The summed E-state index contributed by atoms with van der Waals surface area (Å²) in [5, 5.41) is 28.3. The molecule has 8 nitrogen and oxygen atoms in total. The average Bonchev–Trinajstić information content (AvgIpc) is 3.22. The van der Waals surface area contributed by atoms with Gasteiger partial charge in [0.15, 0.2) is 10.7 Å². The third-order valence-electron chi connectivity index (χ3n) is 5.02. The summed E-state index contributed by atoms with van der Waals surface area (Å²) in [5.74, 6) is -3.21. The molecule has 1 saturated carbocycles. The summed E-state index contributed by atoms with van der Waals surface area (Å²) in [6.07, 6.45) is 1.03. The van der Waals surface area contributed by atoms with Gasteiger partial charge in [-0.3, -0.25) is 10.1 Å². The fraction of sp³-hybridized carbons (Fsp3) is 0.350. The molecule has 3 N–H and O–H groups in total. The minimum atomic E-state index is -5.08. The second-order valence-corrected chi connectivity index (χ2v) is 8.44. The Balaban J connectivity index is 0.000000360. The van der Waals surface area contributed by atoms with Crippen molar-refractivity contribution in [3.05, 3.63) is 47.8 Å². The zero-order valence-corrected chi connectivity index (χ0v) is 17.4. The van der Waals surface area contributed by atoms with Crippen molar-refractivity contribution in [1.29, 1.82) is 0 Å². The van der Waals surface area contributed by atoms with Crippen LogP contribution in [0.3, 0.4) is 0 Å². The van der Waals surface area contributed by atoms with E-state index in [1.807, 2.05) is 12.3 Å². The number of alkyl halides is 3. The molecule has 0 amide bonds.